The van der Waals surface area contributed by atoms with Crippen molar-refractivity contribution in [3.05, 3.63) is 44.9 Å². The van der Waals surface area contributed by atoms with E-state index in [9.17, 15) is 19.8 Å². The molecule has 0 bridgehead atoms. The van der Waals surface area contributed by atoms with Crippen molar-refractivity contribution in [1.82, 2.24) is 4.98 Å². The van der Waals surface area contributed by atoms with E-state index >= 15 is 0 Å². The zero-order chi connectivity index (χ0) is 14.7. The number of carbonyl (C=O) groups is 1. The molecule has 6 nitrogen and oxygen atoms in total. The van der Waals surface area contributed by atoms with Gasteiger partial charge in [-0.05, 0) is 11.1 Å². The number of nitrogens with one attached hydrogen (secondary N) is 1. The first-order valence-corrected chi connectivity index (χ1v) is 6.71. The van der Waals surface area contributed by atoms with E-state index in [-0.39, 0.29) is 4.87 Å². The van der Waals surface area contributed by atoms with Gasteiger partial charge in [-0.3, -0.25) is 9.59 Å². The maximum absolute atomic E-state index is 11.1. The number of benzene rings is 1. The second kappa shape index (κ2) is 6.00. The summed E-state index contributed by atoms with van der Waals surface area (Å²) >= 11 is 1.06. The van der Waals surface area contributed by atoms with Crippen LogP contribution in [0.4, 0.5) is 0 Å². The average Bonchev–Trinajstić information content (AvgIpc) is 2.84. The quantitative estimate of drug-likeness (QED) is 0.657. The predicted octanol–water partition coefficient (Wildman–Crippen LogP) is 0.972. The number of aromatic nitrogens is 1. The van der Waals surface area contributed by atoms with Crippen LogP contribution >= 0.6 is 11.3 Å². The minimum absolute atomic E-state index is 0.152. The maximum atomic E-state index is 11.1. The summed E-state index contributed by atoms with van der Waals surface area (Å²) in [6, 6.07) is 6.54. The molecule has 0 saturated carbocycles. The summed E-state index contributed by atoms with van der Waals surface area (Å²) in [7, 11) is 0. The van der Waals surface area contributed by atoms with Gasteiger partial charge in [0.1, 0.15) is 6.10 Å². The first-order valence-electron chi connectivity index (χ1n) is 5.83. The Balaban J connectivity index is 2.15. The summed E-state index contributed by atoms with van der Waals surface area (Å²) in [6.45, 7) is 0. The Bertz CT molecular complexity index is 645. The molecule has 0 aliphatic heterocycles. The highest BCUT2D eigenvalue weighted by Gasteiger charge is 2.21. The van der Waals surface area contributed by atoms with Crippen molar-refractivity contribution in [2.75, 3.05) is 0 Å². The summed E-state index contributed by atoms with van der Waals surface area (Å²) in [5.41, 5.74) is 1.86. The summed E-state index contributed by atoms with van der Waals surface area (Å²) < 4.78 is 0. The van der Waals surface area contributed by atoms with Gasteiger partial charge in [0.2, 0.25) is 0 Å². The van der Waals surface area contributed by atoms with E-state index in [0.29, 0.717) is 11.3 Å². The molecule has 2 unspecified atom stereocenters. The van der Waals surface area contributed by atoms with Crippen molar-refractivity contribution in [2.45, 2.75) is 18.6 Å². The van der Waals surface area contributed by atoms with Crippen molar-refractivity contribution in [3.8, 4) is 11.3 Å². The van der Waals surface area contributed by atoms with Crippen LogP contribution < -0.4 is 4.87 Å². The van der Waals surface area contributed by atoms with Gasteiger partial charge in [-0.25, -0.2) is 0 Å². The van der Waals surface area contributed by atoms with Crippen molar-refractivity contribution in [3.63, 3.8) is 0 Å². The topological polar surface area (TPSA) is 111 Å². The monoisotopic (exact) mass is 295 g/mol. The highest BCUT2D eigenvalue weighted by molar-refractivity contribution is 7.07. The average molecular weight is 295 g/mol. The van der Waals surface area contributed by atoms with E-state index in [4.69, 9.17) is 5.11 Å². The lowest BCUT2D eigenvalue weighted by Gasteiger charge is -2.16. The van der Waals surface area contributed by atoms with Gasteiger partial charge < -0.3 is 20.3 Å². The molecule has 0 radical (unpaired) electrons. The largest absolute Gasteiger partial charge is 0.481 e. The molecule has 0 aliphatic rings. The normalized spacial score (nSPS) is 13.9. The molecule has 1 aromatic heterocycles. The van der Waals surface area contributed by atoms with Crippen LogP contribution in [0.5, 0.6) is 0 Å². The predicted molar refractivity (Wildman–Crippen MR) is 73.6 cm³/mol. The van der Waals surface area contributed by atoms with Crippen LogP contribution in [0, 0.1) is 0 Å². The van der Waals surface area contributed by atoms with E-state index in [2.05, 4.69) is 4.98 Å². The summed E-state index contributed by atoms with van der Waals surface area (Å²) in [5.74, 6) is -1.18. The third-order valence-corrected chi connectivity index (χ3v) is 3.50. The molecular formula is C13H13NO5S. The number of rotatable bonds is 5. The van der Waals surface area contributed by atoms with Gasteiger partial charge in [-0.1, -0.05) is 35.6 Å². The molecule has 2 aromatic rings. The molecule has 1 aromatic carbocycles. The standard InChI is InChI=1S/C13H13NO5S/c15-10(5-11(16)17)12(18)8-3-1-7(2-4-8)9-6-20-13(19)14-9/h1-4,6,10,12,15,18H,5H2,(H,14,19)(H,16,17). The second-order valence-electron chi connectivity index (χ2n) is 4.29. The first kappa shape index (κ1) is 14.4. The van der Waals surface area contributed by atoms with Crippen LogP contribution in [0.3, 0.4) is 0 Å². The van der Waals surface area contributed by atoms with Gasteiger partial charge in [-0.2, -0.15) is 0 Å². The van der Waals surface area contributed by atoms with Crippen molar-refractivity contribution < 1.29 is 20.1 Å². The number of hydrogen-bond acceptors (Lipinski definition) is 5. The zero-order valence-electron chi connectivity index (χ0n) is 10.3. The molecule has 0 fully saturated rings. The van der Waals surface area contributed by atoms with E-state index in [1.54, 1.807) is 29.6 Å². The van der Waals surface area contributed by atoms with Crippen molar-refractivity contribution in [2.24, 2.45) is 0 Å². The Hall–Kier alpha value is -1.96. The number of aliphatic carboxylic acids is 1. The van der Waals surface area contributed by atoms with E-state index in [1.807, 2.05) is 0 Å². The second-order valence-corrected chi connectivity index (χ2v) is 5.14. The van der Waals surface area contributed by atoms with E-state index < -0.39 is 24.6 Å². The van der Waals surface area contributed by atoms with Crippen molar-refractivity contribution >= 4 is 17.3 Å². The molecule has 106 valence electrons. The number of aliphatic hydroxyl groups excluding tert-OH is 2. The molecule has 2 atom stereocenters. The highest BCUT2D eigenvalue weighted by Crippen LogP contribution is 2.23. The van der Waals surface area contributed by atoms with Gasteiger partial charge in [-0.15, -0.1) is 0 Å². The lowest BCUT2D eigenvalue weighted by atomic mass is 10.0. The Kier molecular flexibility index (Phi) is 4.33. The number of H-pyrrole nitrogens is 1. The lowest BCUT2D eigenvalue weighted by Crippen LogP contribution is -2.21. The third-order valence-electron chi connectivity index (χ3n) is 2.83. The molecule has 2 rings (SSSR count). The fourth-order valence-electron chi connectivity index (χ4n) is 1.79. The molecule has 20 heavy (non-hydrogen) atoms. The fourth-order valence-corrected chi connectivity index (χ4v) is 2.38. The van der Waals surface area contributed by atoms with Crippen LogP contribution in [0.25, 0.3) is 11.3 Å². The van der Waals surface area contributed by atoms with Gasteiger partial charge in [0.05, 0.1) is 18.2 Å². The summed E-state index contributed by atoms with van der Waals surface area (Å²) in [5, 5.41) is 29.6. The van der Waals surface area contributed by atoms with E-state index in [0.717, 1.165) is 16.9 Å². The molecule has 7 heteroatoms. The number of thiazole rings is 1. The van der Waals surface area contributed by atoms with Gasteiger partial charge in [0.15, 0.2) is 0 Å². The smallest absolute Gasteiger partial charge is 0.306 e. The number of carboxylic acids is 1. The molecule has 0 amide bonds. The summed E-state index contributed by atoms with van der Waals surface area (Å²) in [4.78, 5) is 24.1. The zero-order valence-corrected chi connectivity index (χ0v) is 11.1. The molecule has 1 heterocycles. The molecule has 0 saturated heterocycles. The lowest BCUT2D eigenvalue weighted by molar-refractivity contribution is -0.141. The maximum Gasteiger partial charge on any atom is 0.306 e. The Morgan fingerprint density at radius 2 is 1.90 bits per heavy atom. The SMILES string of the molecule is O=C(O)CC(O)C(O)c1ccc(-c2csc(=O)[nH]2)cc1. The number of aromatic amines is 1. The fraction of sp³-hybridized carbons (Fsp3) is 0.231. The van der Waals surface area contributed by atoms with Gasteiger partial charge in [0, 0.05) is 5.38 Å². The molecule has 0 aliphatic carbocycles. The minimum Gasteiger partial charge on any atom is -0.481 e. The number of hydrogen-bond donors (Lipinski definition) is 4. The molecule has 0 spiro atoms. The minimum atomic E-state index is -1.36. The number of carboxylic acid groups (broad SMARTS) is 1. The van der Waals surface area contributed by atoms with Crippen LogP contribution in [-0.2, 0) is 4.79 Å². The van der Waals surface area contributed by atoms with E-state index in [1.165, 1.54) is 0 Å². The summed E-state index contributed by atoms with van der Waals surface area (Å²) in [6.07, 6.45) is -3.15. The Morgan fingerprint density at radius 3 is 2.40 bits per heavy atom. The van der Waals surface area contributed by atoms with Crippen LogP contribution in [-0.4, -0.2) is 32.4 Å². The number of aliphatic hydroxyl groups is 2. The van der Waals surface area contributed by atoms with Crippen LogP contribution in [0.1, 0.15) is 18.1 Å². The first-order chi connectivity index (χ1) is 9.47. The third kappa shape index (κ3) is 3.32. The van der Waals surface area contributed by atoms with Crippen molar-refractivity contribution in [1.29, 1.82) is 0 Å². The Labute approximate surface area is 118 Å². The highest BCUT2D eigenvalue weighted by atomic mass is 32.1. The molecule has 4 N–H and O–H groups in total. The molecular weight excluding hydrogens is 282 g/mol. The van der Waals surface area contributed by atoms with Gasteiger partial charge >= 0.3 is 10.8 Å². The Morgan fingerprint density at radius 1 is 1.25 bits per heavy atom. The van der Waals surface area contributed by atoms with Crippen LogP contribution in [0.15, 0.2) is 34.4 Å². The van der Waals surface area contributed by atoms with Crippen LogP contribution in [0.2, 0.25) is 0 Å². The van der Waals surface area contributed by atoms with Gasteiger partial charge in [0.25, 0.3) is 0 Å².